The summed E-state index contributed by atoms with van der Waals surface area (Å²) in [7, 11) is 1.80. The van der Waals surface area contributed by atoms with E-state index in [9.17, 15) is 4.79 Å². The topological polar surface area (TPSA) is 61.6 Å². The molecule has 3 N–H and O–H groups in total. The Hall–Kier alpha value is -0.650. The highest BCUT2D eigenvalue weighted by atomic mass is 16.1. The van der Waals surface area contributed by atoms with Crippen LogP contribution in [0, 0.1) is 0 Å². The Morgan fingerprint density at radius 2 is 2.05 bits per heavy atom. The van der Waals surface area contributed by atoms with E-state index in [1.54, 1.807) is 7.05 Å². The molecular formula is C14H28N4O. The van der Waals surface area contributed by atoms with Crippen LogP contribution in [0.3, 0.4) is 0 Å². The van der Waals surface area contributed by atoms with E-state index in [2.05, 4.69) is 15.1 Å². The zero-order chi connectivity index (χ0) is 13.7. The summed E-state index contributed by atoms with van der Waals surface area (Å²) in [4.78, 5) is 16.3. The average Bonchev–Trinajstić information content (AvgIpc) is 2.89. The Kier molecular flexibility index (Phi) is 5.60. The summed E-state index contributed by atoms with van der Waals surface area (Å²) in [6.07, 6.45) is 6.22. The van der Waals surface area contributed by atoms with Gasteiger partial charge in [0.2, 0.25) is 5.91 Å². The average molecular weight is 268 g/mol. The predicted molar refractivity (Wildman–Crippen MR) is 76.9 cm³/mol. The maximum absolute atomic E-state index is 11.2. The number of hydrogen-bond donors (Lipinski definition) is 2. The van der Waals surface area contributed by atoms with Crippen molar-refractivity contribution < 1.29 is 4.79 Å². The van der Waals surface area contributed by atoms with Crippen molar-refractivity contribution in [1.29, 1.82) is 0 Å². The molecule has 1 amide bonds. The fraction of sp³-hybridized carbons (Fsp3) is 0.929. The number of likely N-dealkylation sites (tertiary alicyclic amines) is 2. The lowest BCUT2D eigenvalue weighted by Crippen LogP contribution is -2.43. The summed E-state index contributed by atoms with van der Waals surface area (Å²) in [6, 6.07) is 0.552. The van der Waals surface area contributed by atoms with Crippen molar-refractivity contribution in [2.45, 2.75) is 44.2 Å². The van der Waals surface area contributed by atoms with Crippen LogP contribution in [0.4, 0.5) is 0 Å². The minimum atomic E-state index is -0.241. The fourth-order valence-electron chi connectivity index (χ4n) is 3.34. The second kappa shape index (κ2) is 7.22. The monoisotopic (exact) mass is 268 g/mol. The van der Waals surface area contributed by atoms with Crippen LogP contribution in [0.5, 0.6) is 0 Å². The number of nitrogens with zero attached hydrogens (tertiary/aromatic N) is 2. The first-order chi connectivity index (χ1) is 9.20. The van der Waals surface area contributed by atoms with Crippen molar-refractivity contribution in [2.24, 2.45) is 5.73 Å². The predicted octanol–water partition coefficient (Wildman–Crippen LogP) is 0.0100. The highest BCUT2D eigenvalue weighted by Gasteiger charge is 2.28. The molecule has 0 aliphatic carbocycles. The summed E-state index contributed by atoms with van der Waals surface area (Å²) in [5.41, 5.74) is 5.35. The molecular weight excluding hydrogens is 240 g/mol. The van der Waals surface area contributed by atoms with E-state index in [0.717, 1.165) is 32.1 Å². The molecule has 0 saturated carbocycles. The Morgan fingerprint density at radius 1 is 1.32 bits per heavy atom. The quantitative estimate of drug-likeness (QED) is 0.712. The van der Waals surface area contributed by atoms with Crippen LogP contribution in [-0.4, -0.2) is 67.6 Å². The molecule has 2 rings (SSSR count). The van der Waals surface area contributed by atoms with Crippen molar-refractivity contribution in [2.75, 3.05) is 39.8 Å². The third-order valence-corrected chi connectivity index (χ3v) is 4.58. The van der Waals surface area contributed by atoms with Crippen LogP contribution in [0.2, 0.25) is 0 Å². The standard InChI is InChI=1S/C14H28N4O/c1-16-13(14(15)19)6-10-17-9-5-12(11-17)18-7-3-2-4-8-18/h12-13,16H,2-11H2,1H3,(H2,15,19). The molecule has 2 unspecified atom stereocenters. The van der Waals surface area contributed by atoms with Gasteiger partial charge in [0, 0.05) is 19.1 Å². The smallest absolute Gasteiger partial charge is 0.234 e. The molecule has 2 heterocycles. The first-order valence-corrected chi connectivity index (χ1v) is 7.63. The van der Waals surface area contributed by atoms with Crippen LogP contribution in [0.25, 0.3) is 0 Å². The van der Waals surface area contributed by atoms with Crippen molar-refractivity contribution >= 4 is 5.91 Å². The highest BCUT2D eigenvalue weighted by molar-refractivity contribution is 5.79. The van der Waals surface area contributed by atoms with E-state index in [-0.39, 0.29) is 11.9 Å². The number of hydrogen-bond acceptors (Lipinski definition) is 4. The third-order valence-electron chi connectivity index (χ3n) is 4.58. The van der Waals surface area contributed by atoms with E-state index in [1.165, 1.54) is 38.8 Å². The molecule has 2 atom stereocenters. The van der Waals surface area contributed by atoms with Gasteiger partial charge in [-0.25, -0.2) is 0 Å². The Bertz CT molecular complexity index is 291. The van der Waals surface area contributed by atoms with Crippen LogP contribution < -0.4 is 11.1 Å². The zero-order valence-electron chi connectivity index (χ0n) is 12.1. The van der Waals surface area contributed by atoms with Gasteiger partial charge >= 0.3 is 0 Å². The molecule has 0 aromatic heterocycles. The molecule has 2 aliphatic heterocycles. The van der Waals surface area contributed by atoms with Gasteiger partial charge in [-0.2, -0.15) is 0 Å². The largest absolute Gasteiger partial charge is 0.368 e. The number of amides is 1. The van der Waals surface area contributed by atoms with Crippen molar-refractivity contribution in [3.05, 3.63) is 0 Å². The molecule has 2 aliphatic rings. The van der Waals surface area contributed by atoms with Crippen LogP contribution >= 0.6 is 0 Å². The van der Waals surface area contributed by atoms with Crippen molar-refractivity contribution in [1.82, 2.24) is 15.1 Å². The molecule has 110 valence electrons. The maximum Gasteiger partial charge on any atom is 0.234 e. The molecule has 0 radical (unpaired) electrons. The summed E-state index contributed by atoms with van der Waals surface area (Å²) < 4.78 is 0. The normalized spacial score (nSPS) is 27.5. The van der Waals surface area contributed by atoms with Gasteiger partial charge in [0.25, 0.3) is 0 Å². The second-order valence-electron chi connectivity index (χ2n) is 5.87. The number of carbonyl (C=O) groups excluding carboxylic acids is 1. The maximum atomic E-state index is 11.2. The summed E-state index contributed by atoms with van der Waals surface area (Å²) >= 11 is 0. The SMILES string of the molecule is CNC(CCN1CCC(N2CCCCC2)C1)C(N)=O. The number of carbonyl (C=O) groups is 1. The van der Waals surface area contributed by atoms with Crippen LogP contribution in [-0.2, 0) is 4.79 Å². The molecule has 0 spiro atoms. The van der Waals surface area contributed by atoms with E-state index in [4.69, 9.17) is 5.73 Å². The van der Waals surface area contributed by atoms with Crippen molar-refractivity contribution in [3.63, 3.8) is 0 Å². The minimum Gasteiger partial charge on any atom is -0.368 e. The highest BCUT2D eigenvalue weighted by Crippen LogP contribution is 2.20. The van der Waals surface area contributed by atoms with Gasteiger partial charge < -0.3 is 16.0 Å². The second-order valence-corrected chi connectivity index (χ2v) is 5.87. The van der Waals surface area contributed by atoms with Crippen LogP contribution in [0.15, 0.2) is 0 Å². The number of likely N-dealkylation sites (N-methyl/N-ethyl adjacent to an activating group) is 1. The molecule has 0 bridgehead atoms. The van der Waals surface area contributed by atoms with E-state index in [0.29, 0.717) is 0 Å². The number of primary amides is 1. The molecule has 2 saturated heterocycles. The number of piperidine rings is 1. The van der Waals surface area contributed by atoms with Gasteiger partial charge in [0.15, 0.2) is 0 Å². The summed E-state index contributed by atoms with van der Waals surface area (Å²) in [5, 5.41) is 2.99. The summed E-state index contributed by atoms with van der Waals surface area (Å²) in [6.45, 7) is 5.85. The molecule has 5 heteroatoms. The van der Waals surface area contributed by atoms with Gasteiger partial charge in [-0.05, 0) is 52.4 Å². The molecule has 19 heavy (non-hydrogen) atoms. The van der Waals surface area contributed by atoms with E-state index < -0.39 is 0 Å². The Balaban J connectivity index is 1.71. The van der Waals surface area contributed by atoms with Gasteiger partial charge in [-0.15, -0.1) is 0 Å². The Morgan fingerprint density at radius 3 is 2.68 bits per heavy atom. The van der Waals surface area contributed by atoms with Gasteiger partial charge in [-0.3, -0.25) is 9.69 Å². The van der Waals surface area contributed by atoms with Crippen molar-refractivity contribution in [3.8, 4) is 0 Å². The molecule has 5 nitrogen and oxygen atoms in total. The number of nitrogens with two attached hydrogens (primary N) is 1. The molecule has 0 aromatic rings. The first kappa shape index (κ1) is 14.8. The first-order valence-electron chi connectivity index (χ1n) is 7.63. The Labute approximate surface area is 116 Å². The minimum absolute atomic E-state index is 0.186. The van der Waals surface area contributed by atoms with Gasteiger partial charge in [0.1, 0.15) is 0 Å². The van der Waals surface area contributed by atoms with E-state index in [1.807, 2.05) is 0 Å². The zero-order valence-corrected chi connectivity index (χ0v) is 12.1. The molecule has 0 aromatic carbocycles. The lowest BCUT2D eigenvalue weighted by Gasteiger charge is -2.32. The number of rotatable bonds is 6. The molecule has 2 fully saturated rings. The van der Waals surface area contributed by atoms with E-state index >= 15 is 0 Å². The van der Waals surface area contributed by atoms with Gasteiger partial charge in [-0.1, -0.05) is 6.42 Å². The fourth-order valence-corrected chi connectivity index (χ4v) is 3.34. The number of nitrogens with one attached hydrogen (secondary N) is 1. The van der Waals surface area contributed by atoms with Gasteiger partial charge in [0.05, 0.1) is 6.04 Å². The summed E-state index contributed by atoms with van der Waals surface area (Å²) in [5.74, 6) is -0.241. The van der Waals surface area contributed by atoms with Crippen LogP contribution in [0.1, 0.15) is 32.1 Å². The lowest BCUT2D eigenvalue weighted by atomic mass is 10.1. The lowest BCUT2D eigenvalue weighted by molar-refractivity contribution is -0.120. The third kappa shape index (κ3) is 4.16.